The molecule has 114 valence electrons. The third kappa shape index (κ3) is 6.98. The average Bonchev–Trinajstić information content (AvgIpc) is 2.95. The Balaban J connectivity index is 1.92. The van der Waals surface area contributed by atoms with Crippen LogP contribution in [0.4, 0.5) is 0 Å². The van der Waals surface area contributed by atoms with Gasteiger partial charge in [-0.3, -0.25) is 9.32 Å². The molecule has 1 amide bonds. The molecule has 1 aliphatic carbocycles. The molecule has 1 rings (SSSR count). The van der Waals surface area contributed by atoms with E-state index in [1.54, 1.807) is 0 Å². The summed E-state index contributed by atoms with van der Waals surface area (Å²) in [5.74, 6) is -0.0281. The number of allylic oxidation sites excluding steroid dienone is 3. The van der Waals surface area contributed by atoms with Gasteiger partial charge in [0.25, 0.3) is 0 Å². The number of carbonyl (C=O) groups excluding carboxylic acids is 1. The fourth-order valence-electron chi connectivity index (χ4n) is 1.72. The first-order valence-corrected chi connectivity index (χ1v) is 7.99. The van der Waals surface area contributed by atoms with Crippen molar-refractivity contribution in [2.24, 2.45) is 0 Å². The van der Waals surface area contributed by atoms with Crippen molar-refractivity contribution in [1.29, 1.82) is 0 Å². The largest absolute Gasteiger partial charge is 0.499 e. The number of phosphoric acid groups is 1. The van der Waals surface area contributed by atoms with E-state index < -0.39 is 7.82 Å². The molecule has 0 aliphatic heterocycles. The molecule has 0 fully saturated rings. The van der Waals surface area contributed by atoms with Crippen LogP contribution in [-0.4, -0.2) is 29.2 Å². The van der Waals surface area contributed by atoms with Gasteiger partial charge in [-0.25, -0.2) is 9.82 Å². The van der Waals surface area contributed by atoms with Crippen molar-refractivity contribution in [2.75, 3.05) is 13.2 Å². The molecule has 0 aromatic heterocycles. The number of hydrogen-bond acceptors (Lipinski definition) is 5. The second-order valence-electron chi connectivity index (χ2n) is 4.38. The lowest BCUT2D eigenvalue weighted by Gasteiger charge is -2.07. The van der Waals surface area contributed by atoms with Crippen LogP contribution in [0.5, 0.6) is 0 Å². The van der Waals surface area contributed by atoms with E-state index in [2.05, 4.69) is 14.5 Å². The molecule has 0 aromatic carbocycles. The van der Waals surface area contributed by atoms with E-state index in [0.717, 1.165) is 24.8 Å². The highest BCUT2D eigenvalue weighted by molar-refractivity contribution is 7.47. The molecule has 3 N–H and O–H groups in total. The number of nitrogens with one attached hydrogen (secondary N) is 1. The Morgan fingerprint density at radius 2 is 2.10 bits per heavy atom. The summed E-state index contributed by atoms with van der Waals surface area (Å²) in [4.78, 5) is 20.3. The monoisotopic (exact) mass is 305 g/mol. The van der Waals surface area contributed by atoms with Crippen molar-refractivity contribution in [3.05, 3.63) is 23.8 Å². The Bertz CT molecular complexity index is 420. The number of hydrogen-bond donors (Lipinski definition) is 3. The molecular weight excluding hydrogens is 285 g/mol. The van der Waals surface area contributed by atoms with Gasteiger partial charge in [0.2, 0.25) is 5.91 Å². The minimum absolute atomic E-state index is 0.0281. The molecule has 0 saturated heterocycles. The molecule has 0 bridgehead atoms. The Kier molecular flexibility index (Phi) is 7.72. The number of phosphoric ester groups is 1. The first-order chi connectivity index (χ1) is 9.55. The predicted molar refractivity (Wildman–Crippen MR) is 72.8 cm³/mol. The summed E-state index contributed by atoms with van der Waals surface area (Å²) >= 11 is 0. The summed E-state index contributed by atoms with van der Waals surface area (Å²) in [6.45, 7) is 0.647. The number of rotatable bonds is 10. The molecule has 1 atom stereocenters. The van der Waals surface area contributed by atoms with Crippen molar-refractivity contribution >= 4 is 13.7 Å². The van der Waals surface area contributed by atoms with Gasteiger partial charge in [-0.2, -0.15) is 0 Å². The average molecular weight is 305 g/mol. The van der Waals surface area contributed by atoms with Gasteiger partial charge in [0.15, 0.2) is 0 Å². The fraction of sp³-hybridized carbons (Fsp3) is 0.583. The zero-order valence-electron chi connectivity index (χ0n) is 11.2. The van der Waals surface area contributed by atoms with E-state index in [9.17, 15) is 9.36 Å². The van der Waals surface area contributed by atoms with Crippen molar-refractivity contribution in [3.8, 4) is 0 Å². The Labute approximate surface area is 117 Å². The van der Waals surface area contributed by atoms with E-state index in [1.807, 2.05) is 18.2 Å². The van der Waals surface area contributed by atoms with Crippen LogP contribution in [0.2, 0.25) is 0 Å². The number of carbonyl (C=O) groups is 1. The zero-order chi connectivity index (χ0) is 14.8. The molecule has 0 aromatic rings. The van der Waals surface area contributed by atoms with Gasteiger partial charge in [0, 0.05) is 12.1 Å². The van der Waals surface area contributed by atoms with Crippen molar-refractivity contribution < 1.29 is 28.7 Å². The Morgan fingerprint density at radius 3 is 2.75 bits per heavy atom. The minimum Gasteiger partial charge on any atom is -0.352 e. The summed E-state index contributed by atoms with van der Waals surface area (Å²) in [7, 11) is -4.27. The fourth-order valence-corrected chi connectivity index (χ4v) is 2.12. The van der Waals surface area contributed by atoms with Gasteiger partial charge in [0.05, 0.1) is 6.61 Å². The van der Waals surface area contributed by atoms with Crippen molar-refractivity contribution in [1.82, 2.24) is 5.32 Å². The van der Waals surface area contributed by atoms with E-state index in [0.29, 0.717) is 19.4 Å². The van der Waals surface area contributed by atoms with Crippen LogP contribution in [0.3, 0.4) is 0 Å². The maximum absolute atomic E-state index is 11.6. The molecule has 0 heterocycles. The molecule has 7 nitrogen and oxygen atoms in total. The van der Waals surface area contributed by atoms with E-state index >= 15 is 0 Å². The topological polar surface area (TPSA) is 105 Å². The van der Waals surface area contributed by atoms with Crippen LogP contribution in [0.1, 0.15) is 32.1 Å². The van der Waals surface area contributed by atoms with E-state index in [1.165, 1.54) is 0 Å². The first kappa shape index (κ1) is 17.1. The molecule has 0 radical (unpaired) electrons. The first-order valence-electron chi connectivity index (χ1n) is 6.49. The second-order valence-corrected chi connectivity index (χ2v) is 5.74. The van der Waals surface area contributed by atoms with Gasteiger partial charge < -0.3 is 10.2 Å². The molecule has 20 heavy (non-hydrogen) atoms. The molecule has 8 heteroatoms. The third-order valence-corrected chi connectivity index (χ3v) is 3.49. The minimum atomic E-state index is -4.27. The maximum Gasteiger partial charge on any atom is 0.499 e. The number of unbranched alkanes of at least 4 members (excludes halogenated alkanes) is 3. The number of amides is 1. The van der Waals surface area contributed by atoms with Crippen LogP contribution >= 0.6 is 7.82 Å². The van der Waals surface area contributed by atoms with Crippen LogP contribution in [0.25, 0.3) is 0 Å². The smallest absolute Gasteiger partial charge is 0.352 e. The SMILES string of the molecule is O=C(NCCCCCCOP(=O)(O)OO)C1=CC=CC1. The summed E-state index contributed by atoms with van der Waals surface area (Å²) in [5, 5.41) is 10.9. The molecular formula is C12H20NO6P. The van der Waals surface area contributed by atoms with Crippen molar-refractivity contribution in [3.63, 3.8) is 0 Å². The summed E-state index contributed by atoms with van der Waals surface area (Å²) in [5.41, 5.74) is 0.779. The highest BCUT2D eigenvalue weighted by atomic mass is 31.2. The quantitative estimate of drug-likeness (QED) is 0.247. The predicted octanol–water partition coefficient (Wildman–Crippen LogP) is 2.16. The highest BCUT2D eigenvalue weighted by Crippen LogP contribution is 2.41. The molecule has 1 unspecified atom stereocenters. The lowest BCUT2D eigenvalue weighted by Crippen LogP contribution is -2.25. The summed E-state index contributed by atoms with van der Waals surface area (Å²) < 4.78 is 18.5. The van der Waals surface area contributed by atoms with Crippen LogP contribution in [0, 0.1) is 0 Å². The third-order valence-electron chi connectivity index (χ3n) is 2.78. The van der Waals surface area contributed by atoms with E-state index in [4.69, 9.17) is 10.2 Å². The lowest BCUT2D eigenvalue weighted by molar-refractivity contribution is -0.162. The molecule has 1 aliphatic rings. The van der Waals surface area contributed by atoms with E-state index in [-0.39, 0.29) is 12.5 Å². The highest BCUT2D eigenvalue weighted by Gasteiger charge is 2.19. The van der Waals surface area contributed by atoms with Gasteiger partial charge in [-0.05, 0) is 19.3 Å². The standard InChI is InChI=1S/C12H20NO6P/c14-12(11-7-3-4-8-11)13-9-5-1-2-6-10-18-20(16,17)19-15/h3-4,7,15H,1-2,5-6,8-10H2,(H,13,14)(H,16,17). The van der Waals surface area contributed by atoms with Gasteiger partial charge >= 0.3 is 7.82 Å². The van der Waals surface area contributed by atoms with Gasteiger partial charge in [-0.1, -0.05) is 31.1 Å². The zero-order valence-corrected chi connectivity index (χ0v) is 12.1. The van der Waals surface area contributed by atoms with Crippen LogP contribution < -0.4 is 5.32 Å². The normalized spacial score (nSPS) is 16.8. The van der Waals surface area contributed by atoms with Crippen LogP contribution in [-0.2, 0) is 18.6 Å². The van der Waals surface area contributed by atoms with Crippen molar-refractivity contribution in [2.45, 2.75) is 32.1 Å². The van der Waals surface area contributed by atoms with Crippen LogP contribution in [0.15, 0.2) is 23.8 Å². The maximum atomic E-state index is 11.6. The van der Waals surface area contributed by atoms with Gasteiger partial charge in [0.1, 0.15) is 0 Å². The lowest BCUT2D eigenvalue weighted by atomic mass is 10.2. The van der Waals surface area contributed by atoms with Gasteiger partial charge in [-0.15, -0.1) is 4.67 Å². The summed E-state index contributed by atoms with van der Waals surface area (Å²) in [6, 6.07) is 0. The summed E-state index contributed by atoms with van der Waals surface area (Å²) in [6.07, 6.45) is 9.38. The second kappa shape index (κ2) is 9.05. The molecule has 0 saturated carbocycles. The Hall–Kier alpha value is -0.980. The molecule has 0 spiro atoms. The Morgan fingerprint density at radius 1 is 1.35 bits per heavy atom.